The molecule has 0 saturated heterocycles. The molecule has 3 rings (SSSR count). The number of hydrogen-bond donors (Lipinski definition) is 1. The molecule has 0 aliphatic heterocycles. The number of alkyl halides is 3. The smallest absolute Gasteiger partial charge is 0.433 e. The Bertz CT molecular complexity index is 974. The molecule has 0 aliphatic rings. The zero-order valence-corrected chi connectivity index (χ0v) is 14.1. The molecule has 4 nitrogen and oxygen atoms in total. The van der Waals surface area contributed by atoms with Crippen molar-refractivity contribution in [2.45, 2.75) is 26.9 Å². The minimum Gasteiger partial charge on any atom is -0.507 e. The predicted molar refractivity (Wildman–Crippen MR) is 86.9 cm³/mol. The first-order valence-electron chi connectivity index (χ1n) is 7.49. The summed E-state index contributed by atoms with van der Waals surface area (Å²) in [5.74, 6) is 0.307. The summed E-state index contributed by atoms with van der Waals surface area (Å²) in [5.41, 5.74) is 1.84. The number of halogens is 3. The van der Waals surface area contributed by atoms with E-state index in [2.05, 4.69) is 4.98 Å². The van der Waals surface area contributed by atoms with Crippen LogP contribution in [0, 0.1) is 20.8 Å². The van der Waals surface area contributed by atoms with Gasteiger partial charge in [-0.15, -0.1) is 0 Å². The van der Waals surface area contributed by atoms with Gasteiger partial charge in [-0.3, -0.25) is 4.98 Å². The van der Waals surface area contributed by atoms with Gasteiger partial charge in [0.25, 0.3) is 0 Å². The van der Waals surface area contributed by atoms with Gasteiger partial charge in [-0.2, -0.15) is 13.2 Å². The molecule has 132 valence electrons. The number of phenols is 1. The number of ether oxygens (including phenoxy) is 1. The summed E-state index contributed by atoms with van der Waals surface area (Å²) in [6.45, 7) is 5.43. The number of hydrogen-bond acceptors (Lipinski definition) is 4. The zero-order chi connectivity index (χ0) is 18.5. The number of phenolic OH excluding ortho intramolecular Hbond substituents is 1. The van der Waals surface area contributed by atoms with Crippen LogP contribution < -0.4 is 4.74 Å². The molecule has 7 heteroatoms. The summed E-state index contributed by atoms with van der Waals surface area (Å²) in [4.78, 5) is 3.35. The molecule has 0 spiro atoms. The van der Waals surface area contributed by atoms with E-state index < -0.39 is 11.9 Å². The Morgan fingerprint density at radius 2 is 1.80 bits per heavy atom. The van der Waals surface area contributed by atoms with Crippen LogP contribution in [-0.4, -0.2) is 17.2 Å². The molecule has 2 heterocycles. The van der Waals surface area contributed by atoms with Crippen molar-refractivity contribution in [1.82, 2.24) is 4.98 Å². The van der Waals surface area contributed by atoms with E-state index in [-0.39, 0.29) is 22.8 Å². The fraction of sp³-hybridized carbons (Fsp3) is 0.278. The van der Waals surface area contributed by atoms with Crippen LogP contribution in [0.15, 0.2) is 22.7 Å². The molecule has 1 aromatic carbocycles. The molecule has 0 fully saturated rings. The second-order valence-corrected chi connectivity index (χ2v) is 5.82. The second kappa shape index (κ2) is 5.68. The Morgan fingerprint density at radius 3 is 2.40 bits per heavy atom. The van der Waals surface area contributed by atoms with E-state index in [9.17, 15) is 18.3 Å². The molecular weight excluding hydrogens is 335 g/mol. The molecule has 0 unspecified atom stereocenters. The van der Waals surface area contributed by atoms with Crippen molar-refractivity contribution < 1.29 is 27.4 Å². The van der Waals surface area contributed by atoms with Crippen LogP contribution in [-0.2, 0) is 6.18 Å². The van der Waals surface area contributed by atoms with Gasteiger partial charge in [0.2, 0.25) is 0 Å². The average molecular weight is 351 g/mol. The maximum atomic E-state index is 12.9. The first-order chi connectivity index (χ1) is 11.7. The number of rotatable bonds is 2. The monoisotopic (exact) mass is 351 g/mol. The van der Waals surface area contributed by atoms with Crippen LogP contribution >= 0.6 is 0 Å². The Labute approximate surface area is 141 Å². The van der Waals surface area contributed by atoms with E-state index in [0.29, 0.717) is 16.5 Å². The number of aryl methyl sites for hydroxylation is 1. The number of fused-ring (bicyclic) bond motifs is 1. The van der Waals surface area contributed by atoms with Gasteiger partial charge in [0, 0.05) is 11.8 Å². The van der Waals surface area contributed by atoms with Gasteiger partial charge >= 0.3 is 6.18 Å². The minimum atomic E-state index is -4.57. The van der Waals surface area contributed by atoms with Gasteiger partial charge in [-0.1, -0.05) is 0 Å². The van der Waals surface area contributed by atoms with E-state index in [1.54, 1.807) is 6.92 Å². The van der Waals surface area contributed by atoms with Crippen molar-refractivity contribution in [3.05, 3.63) is 40.7 Å². The second-order valence-electron chi connectivity index (χ2n) is 5.82. The Kier molecular flexibility index (Phi) is 3.89. The standard InChI is InChI=1S/C18H16F3NO3/c1-8-9(2)14(23)13-15(10(8)3)25-16(17(13)24-4)11-5-6-22-12(7-11)18(19,20)21/h5-7,23H,1-4H3. The van der Waals surface area contributed by atoms with Crippen molar-refractivity contribution in [3.8, 4) is 22.8 Å². The number of benzene rings is 1. The molecule has 0 amide bonds. The van der Waals surface area contributed by atoms with Crippen LogP contribution in [0.4, 0.5) is 13.2 Å². The summed E-state index contributed by atoms with van der Waals surface area (Å²) in [6.07, 6.45) is -3.51. The van der Waals surface area contributed by atoms with Crippen LogP contribution in [0.3, 0.4) is 0 Å². The van der Waals surface area contributed by atoms with E-state index in [1.807, 2.05) is 13.8 Å². The first kappa shape index (κ1) is 17.1. The fourth-order valence-electron chi connectivity index (χ4n) is 2.82. The molecule has 25 heavy (non-hydrogen) atoms. The summed E-state index contributed by atoms with van der Waals surface area (Å²) in [5, 5.41) is 10.8. The van der Waals surface area contributed by atoms with Gasteiger partial charge < -0.3 is 14.3 Å². The molecule has 0 bridgehead atoms. The highest BCUT2D eigenvalue weighted by Gasteiger charge is 2.33. The SMILES string of the molecule is COc1c(-c2ccnc(C(F)(F)F)c2)oc2c(C)c(C)c(C)c(O)c12. The Hall–Kier alpha value is -2.70. The number of pyridine rings is 1. The minimum absolute atomic E-state index is 0.00458. The lowest BCUT2D eigenvalue weighted by Gasteiger charge is -2.09. The third kappa shape index (κ3) is 2.59. The quantitative estimate of drug-likeness (QED) is 0.693. The van der Waals surface area contributed by atoms with Gasteiger partial charge in [-0.25, -0.2) is 0 Å². The third-order valence-electron chi connectivity index (χ3n) is 4.44. The van der Waals surface area contributed by atoms with Gasteiger partial charge in [0.15, 0.2) is 11.5 Å². The maximum Gasteiger partial charge on any atom is 0.433 e. The van der Waals surface area contributed by atoms with Crippen LogP contribution in [0.5, 0.6) is 11.5 Å². The molecule has 0 saturated carbocycles. The molecule has 3 aromatic rings. The highest BCUT2D eigenvalue weighted by Crippen LogP contribution is 2.47. The maximum absolute atomic E-state index is 12.9. The van der Waals surface area contributed by atoms with Crippen LogP contribution in [0.2, 0.25) is 0 Å². The number of aromatic hydroxyl groups is 1. The van der Waals surface area contributed by atoms with E-state index in [4.69, 9.17) is 9.15 Å². The highest BCUT2D eigenvalue weighted by atomic mass is 19.4. The molecule has 0 atom stereocenters. The van der Waals surface area contributed by atoms with E-state index in [0.717, 1.165) is 23.4 Å². The van der Waals surface area contributed by atoms with Gasteiger partial charge in [0.1, 0.15) is 22.4 Å². The molecule has 0 radical (unpaired) electrons. The summed E-state index contributed by atoms with van der Waals surface area (Å²) < 4.78 is 50.0. The van der Waals surface area contributed by atoms with Crippen LogP contribution in [0.1, 0.15) is 22.4 Å². The largest absolute Gasteiger partial charge is 0.507 e. The third-order valence-corrected chi connectivity index (χ3v) is 4.44. The summed E-state index contributed by atoms with van der Waals surface area (Å²) in [6, 6.07) is 2.30. The lowest BCUT2D eigenvalue weighted by Crippen LogP contribution is -2.07. The lowest BCUT2D eigenvalue weighted by atomic mass is 9.99. The van der Waals surface area contributed by atoms with Crippen molar-refractivity contribution in [3.63, 3.8) is 0 Å². The van der Waals surface area contributed by atoms with Crippen molar-refractivity contribution in [1.29, 1.82) is 0 Å². The topological polar surface area (TPSA) is 55.5 Å². The average Bonchev–Trinajstić information content (AvgIpc) is 2.97. The lowest BCUT2D eigenvalue weighted by molar-refractivity contribution is -0.141. The Balaban J connectivity index is 2.35. The predicted octanol–water partition coefficient (Wildman–Crippen LogP) is 5.15. The summed E-state index contributed by atoms with van der Waals surface area (Å²) in [7, 11) is 1.38. The first-order valence-corrected chi connectivity index (χ1v) is 7.49. The number of furan rings is 1. The van der Waals surface area contributed by atoms with Gasteiger partial charge in [-0.05, 0) is 49.6 Å². The number of nitrogens with zero attached hydrogens (tertiary/aromatic N) is 1. The number of methoxy groups -OCH3 is 1. The summed E-state index contributed by atoms with van der Waals surface area (Å²) >= 11 is 0. The van der Waals surface area contributed by atoms with E-state index in [1.165, 1.54) is 13.2 Å². The fourth-order valence-corrected chi connectivity index (χ4v) is 2.82. The van der Waals surface area contributed by atoms with Gasteiger partial charge in [0.05, 0.1) is 7.11 Å². The normalized spacial score (nSPS) is 12.0. The molecule has 2 aromatic heterocycles. The van der Waals surface area contributed by atoms with Crippen LogP contribution in [0.25, 0.3) is 22.3 Å². The van der Waals surface area contributed by atoms with Crippen molar-refractivity contribution in [2.24, 2.45) is 0 Å². The van der Waals surface area contributed by atoms with Crippen molar-refractivity contribution >= 4 is 11.0 Å². The van der Waals surface area contributed by atoms with Crippen molar-refractivity contribution in [2.75, 3.05) is 7.11 Å². The zero-order valence-electron chi connectivity index (χ0n) is 14.1. The Morgan fingerprint density at radius 1 is 1.12 bits per heavy atom. The highest BCUT2D eigenvalue weighted by molar-refractivity contribution is 5.99. The molecule has 1 N–H and O–H groups in total. The molecule has 0 aliphatic carbocycles. The van der Waals surface area contributed by atoms with E-state index >= 15 is 0 Å². The number of aromatic nitrogens is 1. The molecular formula is C18H16F3NO3.